The summed E-state index contributed by atoms with van der Waals surface area (Å²) in [5, 5.41) is 0. The lowest BCUT2D eigenvalue weighted by Gasteiger charge is -2.30. The fraction of sp³-hybridized carbons (Fsp3) is 0.185. The third-order valence-corrected chi connectivity index (χ3v) is 6.54. The zero-order valence-corrected chi connectivity index (χ0v) is 17.5. The van der Waals surface area contributed by atoms with Crippen molar-refractivity contribution < 1.29 is 14.3 Å². The van der Waals surface area contributed by atoms with E-state index in [2.05, 4.69) is 4.90 Å². The van der Waals surface area contributed by atoms with Gasteiger partial charge in [0.2, 0.25) is 0 Å². The normalized spacial score (nSPS) is 23.0. The molecule has 5 rings (SSSR count). The van der Waals surface area contributed by atoms with E-state index in [0.29, 0.717) is 12.1 Å². The van der Waals surface area contributed by atoms with Crippen molar-refractivity contribution in [2.45, 2.75) is 13.0 Å². The molecule has 1 fully saturated rings. The minimum atomic E-state index is -1.39. The molecule has 0 radical (unpaired) electrons. The molecule has 3 aromatic rings. The van der Waals surface area contributed by atoms with Crippen molar-refractivity contribution >= 4 is 23.5 Å². The third kappa shape index (κ3) is 2.68. The van der Waals surface area contributed by atoms with Gasteiger partial charge in [-0.3, -0.25) is 9.59 Å². The van der Waals surface area contributed by atoms with Gasteiger partial charge in [-0.05, 0) is 41.3 Å². The van der Waals surface area contributed by atoms with E-state index >= 15 is 0 Å². The van der Waals surface area contributed by atoms with E-state index in [1.165, 1.54) is 7.11 Å². The van der Waals surface area contributed by atoms with Crippen LogP contribution < -0.4 is 4.90 Å². The van der Waals surface area contributed by atoms with Gasteiger partial charge in [0.1, 0.15) is 0 Å². The van der Waals surface area contributed by atoms with Crippen LogP contribution in [0.2, 0.25) is 0 Å². The molecule has 4 heteroatoms. The van der Waals surface area contributed by atoms with Crippen molar-refractivity contribution in [3.05, 3.63) is 107 Å². The molecular formula is C27H23NO3. The Labute approximate surface area is 181 Å². The number of methoxy groups -OCH3 is 1. The Balaban J connectivity index is 1.80. The first-order valence-electron chi connectivity index (χ1n) is 10.4. The van der Waals surface area contributed by atoms with Gasteiger partial charge in [0, 0.05) is 17.8 Å². The summed E-state index contributed by atoms with van der Waals surface area (Å²) >= 11 is 0. The Hall–Kier alpha value is -3.66. The fourth-order valence-electron chi connectivity index (χ4n) is 5.09. The lowest BCUT2D eigenvalue weighted by Crippen LogP contribution is -2.41. The highest BCUT2D eigenvalue weighted by Gasteiger charge is 2.67. The van der Waals surface area contributed by atoms with Gasteiger partial charge in [-0.15, -0.1) is 0 Å². The van der Waals surface area contributed by atoms with E-state index in [1.807, 2.05) is 91.9 Å². The molecule has 0 bridgehead atoms. The fourth-order valence-corrected chi connectivity index (χ4v) is 5.09. The lowest BCUT2D eigenvalue weighted by molar-refractivity contribution is -0.147. The number of hydrogen-bond donors (Lipinski definition) is 0. The predicted octanol–water partition coefficient (Wildman–Crippen LogP) is 5.00. The molecule has 0 spiro atoms. The number of carbonyl (C=O) groups excluding carboxylic acids is 2. The Bertz CT molecular complexity index is 1210. The van der Waals surface area contributed by atoms with Crippen LogP contribution in [0.5, 0.6) is 0 Å². The van der Waals surface area contributed by atoms with E-state index in [1.54, 1.807) is 0 Å². The van der Waals surface area contributed by atoms with Crippen LogP contribution >= 0.6 is 0 Å². The number of Topliss-reactive ketones (excluding diaryl/α,β-unsaturated/α-hetero) is 1. The number of fused-ring (bicyclic) bond motifs is 3. The van der Waals surface area contributed by atoms with Crippen molar-refractivity contribution in [2.24, 2.45) is 5.41 Å². The van der Waals surface area contributed by atoms with Gasteiger partial charge < -0.3 is 9.64 Å². The lowest BCUT2D eigenvalue weighted by atomic mass is 9.75. The minimum absolute atomic E-state index is 0.182. The molecule has 154 valence electrons. The Kier molecular flexibility index (Phi) is 4.51. The molecule has 1 heterocycles. The second kappa shape index (κ2) is 7.24. The van der Waals surface area contributed by atoms with Gasteiger partial charge in [0.15, 0.2) is 11.2 Å². The highest BCUT2D eigenvalue weighted by Crippen LogP contribution is 2.59. The van der Waals surface area contributed by atoms with Gasteiger partial charge >= 0.3 is 5.97 Å². The minimum Gasteiger partial charge on any atom is -0.468 e. The van der Waals surface area contributed by atoms with Crippen LogP contribution in [0.15, 0.2) is 84.4 Å². The molecule has 1 aliphatic carbocycles. The van der Waals surface area contributed by atoms with E-state index in [9.17, 15) is 9.59 Å². The van der Waals surface area contributed by atoms with E-state index in [0.717, 1.165) is 28.0 Å². The van der Waals surface area contributed by atoms with Crippen molar-refractivity contribution in [3.8, 4) is 0 Å². The Morgan fingerprint density at radius 1 is 1.00 bits per heavy atom. The quantitative estimate of drug-likeness (QED) is 0.451. The maximum atomic E-state index is 13.9. The van der Waals surface area contributed by atoms with Crippen molar-refractivity contribution in [2.75, 3.05) is 18.6 Å². The molecule has 2 atom stereocenters. The summed E-state index contributed by atoms with van der Waals surface area (Å²) < 4.78 is 5.30. The molecule has 0 aromatic heterocycles. The number of para-hydroxylation sites is 1. The van der Waals surface area contributed by atoms with E-state index in [-0.39, 0.29) is 5.78 Å². The molecule has 0 amide bonds. The number of aryl methyl sites for hydroxylation is 1. The van der Waals surface area contributed by atoms with Crippen molar-refractivity contribution in [1.29, 1.82) is 0 Å². The number of benzene rings is 3. The number of hydrogen-bond acceptors (Lipinski definition) is 4. The van der Waals surface area contributed by atoms with Crippen LogP contribution in [0.1, 0.15) is 33.1 Å². The van der Waals surface area contributed by atoms with Crippen LogP contribution in [0.4, 0.5) is 5.69 Å². The largest absolute Gasteiger partial charge is 0.468 e. The first kappa shape index (κ1) is 19.3. The zero-order valence-electron chi connectivity index (χ0n) is 17.5. The summed E-state index contributed by atoms with van der Waals surface area (Å²) in [7, 11) is 1.36. The summed E-state index contributed by atoms with van der Waals surface area (Å²) in [4.78, 5) is 29.5. The molecular weight excluding hydrogens is 386 g/mol. The highest BCUT2D eigenvalue weighted by molar-refractivity contribution is 6.21. The molecule has 0 unspecified atom stereocenters. The molecule has 1 aliphatic heterocycles. The second-order valence-corrected chi connectivity index (χ2v) is 8.11. The van der Waals surface area contributed by atoms with Crippen LogP contribution in [0, 0.1) is 12.3 Å². The Morgan fingerprint density at radius 3 is 2.42 bits per heavy atom. The Morgan fingerprint density at radius 2 is 1.68 bits per heavy atom. The van der Waals surface area contributed by atoms with Crippen molar-refractivity contribution in [3.63, 3.8) is 0 Å². The summed E-state index contributed by atoms with van der Waals surface area (Å²) in [5.74, 6) is -0.685. The van der Waals surface area contributed by atoms with Crippen LogP contribution in [0.3, 0.4) is 0 Å². The van der Waals surface area contributed by atoms with Crippen LogP contribution in [0.25, 0.3) is 6.08 Å². The van der Waals surface area contributed by atoms with Gasteiger partial charge in [0.05, 0.1) is 13.2 Å². The summed E-state index contributed by atoms with van der Waals surface area (Å²) in [6.07, 6.45) is 2.01. The van der Waals surface area contributed by atoms with Gasteiger partial charge in [-0.25, -0.2) is 0 Å². The topological polar surface area (TPSA) is 46.6 Å². The second-order valence-electron chi connectivity index (χ2n) is 8.11. The average molecular weight is 409 g/mol. The van der Waals surface area contributed by atoms with E-state index in [4.69, 9.17) is 4.74 Å². The molecule has 0 N–H and O–H groups in total. The summed E-state index contributed by atoms with van der Waals surface area (Å²) in [5.41, 5.74) is 3.90. The monoisotopic (exact) mass is 409 g/mol. The number of rotatable bonds is 3. The first-order chi connectivity index (χ1) is 15.1. The predicted molar refractivity (Wildman–Crippen MR) is 121 cm³/mol. The molecule has 31 heavy (non-hydrogen) atoms. The number of esters is 1. The smallest absolute Gasteiger partial charge is 0.326 e. The number of anilines is 1. The maximum absolute atomic E-state index is 13.9. The first-order valence-corrected chi connectivity index (χ1v) is 10.4. The summed E-state index contributed by atoms with van der Waals surface area (Å²) in [6, 6.07) is 25.0. The molecule has 1 saturated heterocycles. The summed E-state index contributed by atoms with van der Waals surface area (Å²) in [6.45, 7) is 2.50. The standard InChI is InChI=1S/C27H23NO3/c1-18-10-6-7-11-19(18)16-20-17-28(21-12-4-3-5-13-21)24-22-14-8-9-15-23(22)25(29)27(20,24)26(30)31-2/h3-16,24H,17H2,1-2H3/b20-16+/t24-,27+/m0/s1. The molecule has 2 aliphatic rings. The number of carbonyl (C=O) groups is 2. The zero-order chi connectivity index (χ0) is 21.6. The van der Waals surface area contributed by atoms with Crippen molar-refractivity contribution in [1.82, 2.24) is 0 Å². The van der Waals surface area contributed by atoms with Gasteiger partial charge in [0.25, 0.3) is 0 Å². The van der Waals surface area contributed by atoms with E-state index < -0.39 is 17.4 Å². The van der Waals surface area contributed by atoms with Crippen LogP contribution in [-0.4, -0.2) is 25.4 Å². The van der Waals surface area contributed by atoms with Crippen LogP contribution in [-0.2, 0) is 9.53 Å². The SMILES string of the molecule is COC(=O)[C@@]12C(=O)c3ccccc3[C@@H]1N(c1ccccc1)C/C2=C\c1ccccc1C. The average Bonchev–Trinajstić information content (AvgIpc) is 3.28. The molecule has 4 nitrogen and oxygen atoms in total. The highest BCUT2D eigenvalue weighted by atomic mass is 16.5. The molecule has 0 saturated carbocycles. The van der Waals surface area contributed by atoms with Gasteiger partial charge in [-0.2, -0.15) is 0 Å². The number of ether oxygens (including phenoxy) is 1. The third-order valence-electron chi connectivity index (χ3n) is 6.54. The maximum Gasteiger partial charge on any atom is 0.326 e. The number of nitrogens with zero attached hydrogens (tertiary/aromatic N) is 1. The molecule has 3 aromatic carbocycles. The van der Waals surface area contributed by atoms with Gasteiger partial charge in [-0.1, -0.05) is 72.8 Å². The number of ketones is 1.